The number of aryl methyl sites for hydroxylation is 1. The summed E-state index contributed by atoms with van der Waals surface area (Å²) >= 11 is 0. The Morgan fingerprint density at radius 3 is 2.69 bits per heavy atom. The van der Waals surface area contributed by atoms with E-state index in [0.29, 0.717) is 36.9 Å². The van der Waals surface area contributed by atoms with E-state index in [4.69, 9.17) is 9.47 Å². The molecule has 0 unspecified atom stereocenters. The molecular formula is C19H26N6O4. The number of nitrogens with one attached hydrogen (secondary N) is 2. The number of hydrogen-bond acceptors (Lipinski definition) is 8. The lowest BCUT2D eigenvalue weighted by Gasteiger charge is -2.19. The molecule has 1 heterocycles. The maximum Gasteiger partial charge on any atom is 0.363 e. The monoisotopic (exact) mass is 402 g/mol. The second kappa shape index (κ2) is 10.8. The molecule has 1 aromatic heterocycles. The summed E-state index contributed by atoms with van der Waals surface area (Å²) < 4.78 is 11.3. The number of H-pyrrole nitrogens is 1. The fourth-order valence-corrected chi connectivity index (χ4v) is 2.47. The van der Waals surface area contributed by atoms with Crippen molar-refractivity contribution in [3.05, 3.63) is 39.9 Å². The number of anilines is 1. The Kier molecular flexibility index (Phi) is 8.13. The van der Waals surface area contributed by atoms with E-state index in [9.17, 15) is 9.59 Å². The number of aromatic nitrogens is 3. The number of amides is 1. The summed E-state index contributed by atoms with van der Waals surface area (Å²) in [5.41, 5.74) is 3.37. The van der Waals surface area contributed by atoms with Crippen LogP contribution in [0.25, 0.3) is 0 Å². The molecule has 0 radical (unpaired) electrons. The molecule has 0 aliphatic heterocycles. The molecule has 10 heteroatoms. The average Bonchev–Trinajstić information content (AvgIpc) is 2.71. The zero-order valence-electron chi connectivity index (χ0n) is 17.1. The molecule has 2 N–H and O–H groups in total. The van der Waals surface area contributed by atoms with E-state index < -0.39 is 5.69 Å². The van der Waals surface area contributed by atoms with Crippen LogP contribution in [-0.2, 0) is 4.79 Å². The molecule has 156 valence electrons. The smallest absolute Gasteiger partial charge is 0.363 e. The molecule has 0 atom stereocenters. The second-order valence-electron chi connectivity index (χ2n) is 5.94. The number of rotatable bonds is 10. The predicted octanol–water partition coefficient (Wildman–Crippen LogP) is 1.57. The van der Waals surface area contributed by atoms with Crippen LogP contribution in [0.15, 0.2) is 28.1 Å². The van der Waals surface area contributed by atoms with Crippen molar-refractivity contribution in [3.63, 3.8) is 0 Å². The van der Waals surface area contributed by atoms with Gasteiger partial charge in [-0.3, -0.25) is 10.2 Å². The highest BCUT2D eigenvalue weighted by Crippen LogP contribution is 2.28. The zero-order valence-corrected chi connectivity index (χ0v) is 17.1. The molecule has 0 aliphatic rings. The first-order valence-electron chi connectivity index (χ1n) is 9.38. The van der Waals surface area contributed by atoms with Crippen LogP contribution in [0.4, 0.5) is 5.82 Å². The third kappa shape index (κ3) is 6.30. The highest BCUT2D eigenvalue weighted by molar-refractivity contribution is 5.81. The van der Waals surface area contributed by atoms with Crippen LogP contribution in [-0.4, -0.2) is 58.5 Å². The number of hydrazone groups is 1. The van der Waals surface area contributed by atoms with Crippen molar-refractivity contribution >= 4 is 17.9 Å². The number of aromatic amines is 1. The highest BCUT2D eigenvalue weighted by Gasteiger charge is 2.13. The molecule has 2 aromatic rings. The first-order chi connectivity index (χ1) is 14.0. The van der Waals surface area contributed by atoms with Crippen LogP contribution >= 0.6 is 0 Å². The van der Waals surface area contributed by atoms with E-state index in [-0.39, 0.29) is 18.3 Å². The lowest BCUT2D eigenvalue weighted by molar-refractivity contribution is -0.132. The van der Waals surface area contributed by atoms with Crippen molar-refractivity contribution in [1.82, 2.24) is 20.1 Å². The van der Waals surface area contributed by atoms with Gasteiger partial charge in [0.05, 0.1) is 12.8 Å². The first-order valence-corrected chi connectivity index (χ1v) is 9.38. The maximum absolute atomic E-state index is 12.1. The fourth-order valence-electron chi connectivity index (χ4n) is 2.47. The molecule has 0 fully saturated rings. The summed E-state index contributed by atoms with van der Waals surface area (Å²) in [6.45, 7) is 9.06. The van der Waals surface area contributed by atoms with E-state index in [1.54, 1.807) is 36.2 Å². The van der Waals surface area contributed by atoms with E-state index in [0.717, 1.165) is 5.56 Å². The van der Waals surface area contributed by atoms with Gasteiger partial charge in [-0.25, -0.2) is 9.89 Å². The van der Waals surface area contributed by atoms with Crippen molar-refractivity contribution in [2.45, 2.75) is 27.7 Å². The number of ether oxygens (including phenoxy) is 2. The van der Waals surface area contributed by atoms with E-state index in [1.165, 1.54) is 0 Å². The molecule has 0 saturated carbocycles. The van der Waals surface area contributed by atoms with E-state index in [2.05, 4.69) is 25.7 Å². The second-order valence-corrected chi connectivity index (χ2v) is 5.94. The summed E-state index contributed by atoms with van der Waals surface area (Å²) in [7, 11) is 0. The van der Waals surface area contributed by atoms with Crippen molar-refractivity contribution in [3.8, 4) is 11.5 Å². The Morgan fingerprint density at radius 1 is 1.24 bits per heavy atom. The molecule has 0 aliphatic carbocycles. The van der Waals surface area contributed by atoms with Crippen molar-refractivity contribution in [2.24, 2.45) is 5.10 Å². The van der Waals surface area contributed by atoms with E-state index >= 15 is 0 Å². The van der Waals surface area contributed by atoms with Gasteiger partial charge in [0.15, 0.2) is 23.9 Å². The topological polar surface area (TPSA) is 122 Å². The molecular weight excluding hydrogens is 376 g/mol. The lowest BCUT2D eigenvalue weighted by Crippen LogP contribution is -2.34. The molecule has 29 heavy (non-hydrogen) atoms. The van der Waals surface area contributed by atoms with Gasteiger partial charge in [0.1, 0.15) is 5.69 Å². The summed E-state index contributed by atoms with van der Waals surface area (Å²) in [5.74, 6) is 1.18. The average molecular weight is 402 g/mol. The lowest BCUT2D eigenvalue weighted by atomic mass is 10.2. The molecule has 0 bridgehead atoms. The summed E-state index contributed by atoms with van der Waals surface area (Å²) in [6, 6.07) is 5.25. The third-order valence-corrected chi connectivity index (χ3v) is 3.99. The number of carbonyl (C=O) groups is 1. The SMILES string of the molecule is CCOc1cc(/C=N/Nc2nc(=O)[nH]nc2C)ccc1OCC(=O)N(CC)CC. The van der Waals surface area contributed by atoms with Gasteiger partial charge in [-0.15, -0.1) is 0 Å². The Labute approximate surface area is 168 Å². The Morgan fingerprint density at radius 2 is 2.00 bits per heavy atom. The normalized spacial score (nSPS) is 10.8. The molecule has 0 spiro atoms. The number of likely N-dealkylation sites (N-methyl/N-ethyl adjacent to an activating group) is 1. The van der Waals surface area contributed by atoms with Crippen molar-refractivity contribution < 1.29 is 14.3 Å². The molecule has 2 rings (SSSR count). The standard InChI is InChI=1S/C19H26N6O4/c1-5-25(6-2)17(26)12-29-15-9-8-14(10-16(15)28-7-3)11-20-23-18-13(4)22-24-19(27)21-18/h8-11H,5-7,12H2,1-4H3,(H2,21,23,24,27)/b20-11+. The van der Waals surface area contributed by atoms with Gasteiger partial charge in [0.25, 0.3) is 5.91 Å². The number of carbonyl (C=O) groups excluding carboxylic acids is 1. The highest BCUT2D eigenvalue weighted by atomic mass is 16.5. The van der Waals surface area contributed by atoms with Gasteiger partial charge in [0.2, 0.25) is 0 Å². The van der Waals surface area contributed by atoms with Crippen LogP contribution in [0.2, 0.25) is 0 Å². The minimum atomic E-state index is -0.562. The van der Waals surface area contributed by atoms with Gasteiger partial charge in [0, 0.05) is 13.1 Å². The molecule has 1 aromatic carbocycles. The van der Waals surface area contributed by atoms with Crippen LogP contribution in [0.1, 0.15) is 32.0 Å². The minimum Gasteiger partial charge on any atom is -0.490 e. The minimum absolute atomic E-state index is 0.0583. The zero-order chi connectivity index (χ0) is 21.2. The van der Waals surface area contributed by atoms with Crippen LogP contribution < -0.4 is 20.6 Å². The molecule has 1 amide bonds. The van der Waals surface area contributed by atoms with Gasteiger partial charge in [-0.05, 0) is 51.5 Å². The van der Waals surface area contributed by atoms with E-state index in [1.807, 2.05) is 20.8 Å². The number of hydrogen-bond donors (Lipinski definition) is 2. The van der Waals surface area contributed by atoms with Gasteiger partial charge >= 0.3 is 5.69 Å². The molecule has 0 saturated heterocycles. The van der Waals surface area contributed by atoms with Gasteiger partial charge < -0.3 is 14.4 Å². The Bertz CT molecular complexity index is 908. The summed E-state index contributed by atoms with van der Waals surface area (Å²) in [4.78, 5) is 28.8. The Balaban J connectivity index is 2.09. The van der Waals surface area contributed by atoms with Crippen LogP contribution in [0, 0.1) is 6.92 Å². The number of nitrogens with zero attached hydrogens (tertiary/aromatic N) is 4. The quantitative estimate of drug-likeness (QED) is 0.457. The van der Waals surface area contributed by atoms with Crippen LogP contribution in [0.3, 0.4) is 0 Å². The number of benzene rings is 1. The first kappa shape index (κ1) is 21.9. The van der Waals surface area contributed by atoms with Crippen molar-refractivity contribution in [2.75, 3.05) is 31.7 Å². The van der Waals surface area contributed by atoms with Gasteiger partial charge in [-0.2, -0.15) is 15.2 Å². The third-order valence-electron chi connectivity index (χ3n) is 3.99. The summed E-state index contributed by atoms with van der Waals surface area (Å²) in [5, 5.41) is 10.1. The maximum atomic E-state index is 12.1. The fraction of sp³-hybridized carbons (Fsp3) is 0.421. The Hall–Kier alpha value is -3.43. The molecule has 10 nitrogen and oxygen atoms in total. The van der Waals surface area contributed by atoms with Crippen LogP contribution in [0.5, 0.6) is 11.5 Å². The van der Waals surface area contributed by atoms with Gasteiger partial charge in [-0.1, -0.05) is 0 Å². The summed E-state index contributed by atoms with van der Waals surface area (Å²) in [6.07, 6.45) is 1.55. The predicted molar refractivity (Wildman–Crippen MR) is 110 cm³/mol. The van der Waals surface area contributed by atoms with Crippen molar-refractivity contribution in [1.29, 1.82) is 0 Å². The largest absolute Gasteiger partial charge is 0.490 e.